The molecule has 0 spiro atoms. The van der Waals surface area contributed by atoms with Gasteiger partial charge in [-0.15, -0.1) is 0 Å². The standard InChI is InChI=1S/C6H6BrClN2/c1-4(7)5-2-9-6(8)10-3-5/h2-4H,1H3. The van der Waals surface area contributed by atoms with E-state index in [0.29, 0.717) is 0 Å². The SMILES string of the molecule is CC(Br)c1cnc(Cl)nc1. The molecule has 1 heterocycles. The molecular formula is C6H6BrClN2. The summed E-state index contributed by atoms with van der Waals surface area (Å²) in [6.45, 7) is 2.01. The van der Waals surface area contributed by atoms with Crippen molar-refractivity contribution >= 4 is 27.5 Å². The predicted molar refractivity (Wildman–Crippen MR) is 44.4 cm³/mol. The van der Waals surface area contributed by atoms with Gasteiger partial charge in [-0.1, -0.05) is 15.9 Å². The van der Waals surface area contributed by atoms with Crippen LogP contribution >= 0.6 is 27.5 Å². The lowest BCUT2D eigenvalue weighted by atomic mass is 10.3. The van der Waals surface area contributed by atoms with Gasteiger partial charge in [0.15, 0.2) is 0 Å². The monoisotopic (exact) mass is 220 g/mol. The van der Waals surface area contributed by atoms with E-state index < -0.39 is 0 Å². The maximum Gasteiger partial charge on any atom is 0.222 e. The molecule has 4 heteroatoms. The Bertz CT molecular complexity index is 209. The van der Waals surface area contributed by atoms with Crippen LogP contribution in [0, 0.1) is 0 Å². The number of hydrogen-bond donors (Lipinski definition) is 0. The van der Waals surface area contributed by atoms with E-state index in [9.17, 15) is 0 Å². The van der Waals surface area contributed by atoms with Crippen LogP contribution in [-0.4, -0.2) is 9.97 Å². The van der Waals surface area contributed by atoms with Crippen LogP contribution in [0.1, 0.15) is 17.3 Å². The zero-order valence-electron chi connectivity index (χ0n) is 5.38. The number of rotatable bonds is 1. The second-order valence-electron chi connectivity index (χ2n) is 1.90. The predicted octanol–water partition coefficient (Wildman–Crippen LogP) is 2.59. The molecular weight excluding hydrogens is 215 g/mol. The maximum absolute atomic E-state index is 5.48. The molecule has 0 radical (unpaired) electrons. The largest absolute Gasteiger partial charge is 0.226 e. The summed E-state index contributed by atoms with van der Waals surface area (Å²) < 4.78 is 0. The van der Waals surface area contributed by atoms with Crippen LogP contribution in [0.2, 0.25) is 5.28 Å². The number of nitrogens with zero attached hydrogens (tertiary/aromatic N) is 2. The van der Waals surface area contributed by atoms with Crippen molar-refractivity contribution in [2.24, 2.45) is 0 Å². The maximum atomic E-state index is 5.48. The van der Waals surface area contributed by atoms with Crippen LogP contribution in [-0.2, 0) is 0 Å². The molecule has 0 N–H and O–H groups in total. The van der Waals surface area contributed by atoms with Gasteiger partial charge in [-0.2, -0.15) is 0 Å². The number of alkyl halides is 1. The minimum absolute atomic E-state index is 0.282. The molecule has 0 fully saturated rings. The van der Waals surface area contributed by atoms with E-state index in [1.807, 2.05) is 6.92 Å². The van der Waals surface area contributed by atoms with Gasteiger partial charge in [0.25, 0.3) is 0 Å². The third-order valence-corrected chi connectivity index (χ3v) is 1.82. The van der Waals surface area contributed by atoms with Crippen molar-refractivity contribution in [2.45, 2.75) is 11.8 Å². The third kappa shape index (κ3) is 1.92. The van der Waals surface area contributed by atoms with E-state index in [-0.39, 0.29) is 10.1 Å². The summed E-state index contributed by atoms with van der Waals surface area (Å²) in [6.07, 6.45) is 3.41. The number of hydrogen-bond acceptors (Lipinski definition) is 2. The van der Waals surface area contributed by atoms with Gasteiger partial charge in [-0.25, -0.2) is 9.97 Å². The quantitative estimate of drug-likeness (QED) is 0.538. The molecule has 0 saturated carbocycles. The lowest BCUT2D eigenvalue weighted by Gasteiger charge is -1.99. The van der Waals surface area contributed by atoms with Gasteiger partial charge in [0.2, 0.25) is 5.28 Å². The summed E-state index contributed by atoms with van der Waals surface area (Å²) in [5, 5.41) is 0.289. The Hall–Kier alpha value is -0.150. The smallest absolute Gasteiger partial charge is 0.222 e. The first-order valence-electron chi connectivity index (χ1n) is 2.81. The average molecular weight is 221 g/mol. The Morgan fingerprint density at radius 1 is 1.50 bits per heavy atom. The summed E-state index contributed by atoms with van der Waals surface area (Å²) in [5.41, 5.74) is 1.03. The van der Waals surface area contributed by atoms with E-state index in [1.54, 1.807) is 12.4 Å². The molecule has 0 amide bonds. The minimum Gasteiger partial charge on any atom is -0.226 e. The van der Waals surface area contributed by atoms with E-state index in [1.165, 1.54) is 0 Å². The van der Waals surface area contributed by atoms with Crippen molar-refractivity contribution in [1.82, 2.24) is 9.97 Å². The molecule has 0 aliphatic rings. The normalized spacial score (nSPS) is 13.1. The van der Waals surface area contributed by atoms with Gasteiger partial charge in [0, 0.05) is 22.8 Å². The van der Waals surface area contributed by atoms with Crippen LogP contribution < -0.4 is 0 Å². The summed E-state index contributed by atoms with van der Waals surface area (Å²) in [5.74, 6) is 0. The Labute approximate surface area is 72.8 Å². The highest BCUT2D eigenvalue weighted by Crippen LogP contribution is 2.19. The fraction of sp³-hybridized carbons (Fsp3) is 0.333. The van der Waals surface area contributed by atoms with Crippen molar-refractivity contribution in [3.05, 3.63) is 23.2 Å². The van der Waals surface area contributed by atoms with Gasteiger partial charge in [-0.3, -0.25) is 0 Å². The Morgan fingerprint density at radius 2 is 2.00 bits per heavy atom. The van der Waals surface area contributed by atoms with E-state index in [4.69, 9.17) is 11.6 Å². The van der Waals surface area contributed by atoms with Crippen LogP contribution in [0.5, 0.6) is 0 Å². The molecule has 1 atom stereocenters. The second-order valence-corrected chi connectivity index (χ2v) is 3.61. The van der Waals surface area contributed by atoms with Gasteiger partial charge >= 0.3 is 0 Å². The first-order valence-corrected chi connectivity index (χ1v) is 4.11. The van der Waals surface area contributed by atoms with Crippen LogP contribution in [0.15, 0.2) is 12.4 Å². The minimum atomic E-state index is 0.282. The number of halogens is 2. The van der Waals surface area contributed by atoms with Crippen LogP contribution in [0.25, 0.3) is 0 Å². The van der Waals surface area contributed by atoms with E-state index >= 15 is 0 Å². The zero-order chi connectivity index (χ0) is 7.56. The highest BCUT2D eigenvalue weighted by atomic mass is 79.9. The van der Waals surface area contributed by atoms with Gasteiger partial charge in [0.1, 0.15) is 0 Å². The lowest BCUT2D eigenvalue weighted by molar-refractivity contribution is 1.04. The summed E-state index contributed by atoms with van der Waals surface area (Å²) in [4.78, 5) is 7.93. The average Bonchev–Trinajstić information content (AvgIpc) is 1.88. The molecule has 2 nitrogen and oxygen atoms in total. The summed E-state index contributed by atoms with van der Waals surface area (Å²) >= 11 is 8.86. The third-order valence-electron chi connectivity index (χ3n) is 1.10. The van der Waals surface area contributed by atoms with Crippen LogP contribution in [0.3, 0.4) is 0 Å². The van der Waals surface area contributed by atoms with Gasteiger partial charge < -0.3 is 0 Å². The molecule has 10 heavy (non-hydrogen) atoms. The molecule has 0 aromatic carbocycles. The Morgan fingerprint density at radius 3 is 2.40 bits per heavy atom. The summed E-state index contributed by atoms with van der Waals surface area (Å²) in [6, 6.07) is 0. The molecule has 1 unspecified atom stereocenters. The molecule has 0 aliphatic carbocycles. The van der Waals surface area contributed by atoms with Crippen molar-refractivity contribution in [3.63, 3.8) is 0 Å². The van der Waals surface area contributed by atoms with Crippen molar-refractivity contribution in [1.29, 1.82) is 0 Å². The zero-order valence-corrected chi connectivity index (χ0v) is 7.72. The van der Waals surface area contributed by atoms with Gasteiger partial charge in [-0.05, 0) is 18.5 Å². The topological polar surface area (TPSA) is 25.8 Å². The first kappa shape index (κ1) is 7.95. The lowest BCUT2D eigenvalue weighted by Crippen LogP contribution is -1.87. The fourth-order valence-corrected chi connectivity index (χ4v) is 0.862. The molecule has 0 saturated heterocycles. The second kappa shape index (κ2) is 3.30. The molecule has 1 rings (SSSR count). The molecule has 54 valence electrons. The Balaban J connectivity index is 2.89. The molecule has 0 bridgehead atoms. The van der Waals surface area contributed by atoms with E-state index in [0.717, 1.165) is 5.56 Å². The van der Waals surface area contributed by atoms with Crippen LogP contribution in [0.4, 0.5) is 0 Å². The van der Waals surface area contributed by atoms with Crippen molar-refractivity contribution in [2.75, 3.05) is 0 Å². The molecule has 0 aliphatic heterocycles. The van der Waals surface area contributed by atoms with Crippen molar-refractivity contribution < 1.29 is 0 Å². The molecule has 1 aromatic rings. The first-order chi connectivity index (χ1) is 4.70. The fourth-order valence-electron chi connectivity index (χ4n) is 0.528. The van der Waals surface area contributed by atoms with Gasteiger partial charge in [0.05, 0.1) is 0 Å². The number of aromatic nitrogens is 2. The summed E-state index contributed by atoms with van der Waals surface area (Å²) in [7, 11) is 0. The van der Waals surface area contributed by atoms with E-state index in [2.05, 4.69) is 25.9 Å². The molecule has 1 aromatic heterocycles. The highest BCUT2D eigenvalue weighted by Gasteiger charge is 1.99. The Kier molecular flexibility index (Phi) is 2.63. The van der Waals surface area contributed by atoms with Crippen molar-refractivity contribution in [3.8, 4) is 0 Å². The highest BCUT2D eigenvalue weighted by molar-refractivity contribution is 9.09.